The number of hydrogen-bond donors (Lipinski definition) is 0. The van der Waals surface area contributed by atoms with Crippen molar-refractivity contribution in [1.82, 2.24) is 9.97 Å². The normalized spacial score (nSPS) is 12.9. The van der Waals surface area contributed by atoms with Gasteiger partial charge in [0.2, 0.25) is 0 Å². The summed E-state index contributed by atoms with van der Waals surface area (Å²) in [6.07, 6.45) is 0. The van der Waals surface area contributed by atoms with Gasteiger partial charge in [-0.2, -0.15) is 0 Å². The van der Waals surface area contributed by atoms with Crippen molar-refractivity contribution in [3.8, 4) is 67.3 Å². The van der Waals surface area contributed by atoms with Crippen LogP contribution in [0.25, 0.3) is 78.1 Å². The molecule has 9 rings (SSSR count). The van der Waals surface area contributed by atoms with Gasteiger partial charge in [0.25, 0.3) is 0 Å². The first-order chi connectivity index (χ1) is 24.0. The summed E-state index contributed by atoms with van der Waals surface area (Å²) in [6, 6.07) is 60.6. The summed E-state index contributed by atoms with van der Waals surface area (Å²) < 4.78 is 0. The van der Waals surface area contributed by atoms with E-state index in [1.807, 2.05) is 12.1 Å². The summed E-state index contributed by atoms with van der Waals surface area (Å²) in [5.74, 6) is 0.720. The van der Waals surface area contributed by atoms with Crippen LogP contribution < -0.4 is 0 Å². The zero-order valence-electron chi connectivity index (χ0n) is 27.6. The van der Waals surface area contributed by atoms with Crippen molar-refractivity contribution >= 4 is 10.8 Å². The highest BCUT2D eigenvalue weighted by Crippen LogP contribution is 2.55. The van der Waals surface area contributed by atoms with Gasteiger partial charge < -0.3 is 0 Å². The SMILES string of the molecule is CC1(C)c2cc(-c3ccc(-c4nc(-c5ccccc5)cc(-c5ccccc5)n4)cc3)ccc2-c2c1cc1ccccc1c2-c1ccccc1. The first-order valence-corrected chi connectivity index (χ1v) is 16.9. The molecule has 0 amide bonds. The number of rotatable bonds is 5. The van der Waals surface area contributed by atoms with Gasteiger partial charge in [-0.25, -0.2) is 9.97 Å². The zero-order chi connectivity index (χ0) is 33.0. The summed E-state index contributed by atoms with van der Waals surface area (Å²) >= 11 is 0. The Bertz CT molecular complexity index is 2420. The van der Waals surface area contributed by atoms with Crippen LogP contribution in [0.4, 0.5) is 0 Å². The molecule has 232 valence electrons. The summed E-state index contributed by atoms with van der Waals surface area (Å²) in [6.45, 7) is 4.74. The van der Waals surface area contributed by atoms with Gasteiger partial charge in [-0.1, -0.05) is 166 Å². The molecule has 7 aromatic carbocycles. The Labute approximate surface area is 287 Å². The van der Waals surface area contributed by atoms with Crippen LogP contribution in [0.3, 0.4) is 0 Å². The molecule has 2 nitrogen and oxygen atoms in total. The van der Waals surface area contributed by atoms with Gasteiger partial charge in [0.1, 0.15) is 0 Å². The number of nitrogens with zero attached hydrogens (tertiary/aromatic N) is 2. The Morgan fingerprint density at radius 3 is 1.55 bits per heavy atom. The third kappa shape index (κ3) is 4.96. The van der Waals surface area contributed by atoms with Crippen molar-refractivity contribution < 1.29 is 0 Å². The fourth-order valence-electron chi connectivity index (χ4n) is 7.53. The lowest BCUT2D eigenvalue weighted by atomic mass is 9.80. The molecule has 1 heterocycles. The average molecular weight is 627 g/mol. The molecule has 0 N–H and O–H groups in total. The third-order valence-corrected chi connectivity index (χ3v) is 10.1. The van der Waals surface area contributed by atoms with E-state index in [0.717, 1.165) is 33.9 Å². The van der Waals surface area contributed by atoms with E-state index >= 15 is 0 Å². The van der Waals surface area contributed by atoms with E-state index in [1.165, 1.54) is 55.3 Å². The molecular weight excluding hydrogens is 593 g/mol. The monoisotopic (exact) mass is 626 g/mol. The third-order valence-electron chi connectivity index (χ3n) is 10.1. The van der Waals surface area contributed by atoms with Gasteiger partial charge in [-0.05, 0) is 73.5 Å². The Hall–Kier alpha value is -6.12. The second-order valence-electron chi connectivity index (χ2n) is 13.4. The van der Waals surface area contributed by atoms with E-state index in [2.05, 4.69) is 172 Å². The zero-order valence-corrected chi connectivity index (χ0v) is 27.6. The first kappa shape index (κ1) is 29.1. The van der Waals surface area contributed by atoms with Gasteiger partial charge >= 0.3 is 0 Å². The van der Waals surface area contributed by atoms with Gasteiger partial charge in [0.15, 0.2) is 5.82 Å². The second kappa shape index (κ2) is 11.5. The van der Waals surface area contributed by atoms with Crippen LogP contribution in [0, 0.1) is 0 Å². The molecule has 0 aliphatic heterocycles. The lowest BCUT2D eigenvalue weighted by Gasteiger charge is -2.23. The van der Waals surface area contributed by atoms with E-state index in [1.54, 1.807) is 0 Å². The highest BCUT2D eigenvalue weighted by Gasteiger charge is 2.38. The lowest BCUT2D eigenvalue weighted by Crippen LogP contribution is -2.15. The Kier molecular flexibility index (Phi) is 6.84. The van der Waals surface area contributed by atoms with Crippen LogP contribution in [0.2, 0.25) is 0 Å². The molecular formula is C47H34N2. The topological polar surface area (TPSA) is 25.8 Å². The van der Waals surface area contributed by atoms with E-state index in [9.17, 15) is 0 Å². The molecule has 2 heteroatoms. The molecule has 0 spiro atoms. The van der Waals surface area contributed by atoms with Crippen LogP contribution in [0.15, 0.2) is 170 Å². The molecule has 0 radical (unpaired) electrons. The van der Waals surface area contributed by atoms with Gasteiger partial charge in [-0.3, -0.25) is 0 Å². The minimum Gasteiger partial charge on any atom is -0.228 e. The summed E-state index contributed by atoms with van der Waals surface area (Å²) in [5.41, 5.74) is 15.2. The molecule has 49 heavy (non-hydrogen) atoms. The lowest BCUT2D eigenvalue weighted by molar-refractivity contribution is 0.661. The summed E-state index contributed by atoms with van der Waals surface area (Å²) in [5, 5.41) is 2.58. The molecule has 0 fully saturated rings. The summed E-state index contributed by atoms with van der Waals surface area (Å²) in [7, 11) is 0. The molecule has 0 unspecified atom stereocenters. The average Bonchev–Trinajstić information content (AvgIpc) is 3.39. The Morgan fingerprint density at radius 1 is 0.388 bits per heavy atom. The molecule has 1 aliphatic rings. The van der Waals surface area contributed by atoms with Crippen molar-refractivity contribution in [1.29, 1.82) is 0 Å². The van der Waals surface area contributed by atoms with Crippen molar-refractivity contribution in [2.75, 3.05) is 0 Å². The Morgan fingerprint density at radius 2 is 0.918 bits per heavy atom. The molecule has 0 bridgehead atoms. The largest absolute Gasteiger partial charge is 0.228 e. The van der Waals surface area contributed by atoms with Crippen molar-refractivity contribution in [2.45, 2.75) is 19.3 Å². The van der Waals surface area contributed by atoms with Crippen LogP contribution in [-0.4, -0.2) is 9.97 Å². The molecule has 0 saturated carbocycles. The number of benzene rings is 7. The molecule has 0 saturated heterocycles. The Balaban J connectivity index is 1.13. The standard InChI is InChI=1S/C47H34N2/c1-47(2)40-28-36(26-27-39(40)45-41(47)29-37-20-12-13-21-38(37)44(45)34-18-10-5-11-19-34)31-22-24-35(25-23-31)46-48-42(32-14-6-3-7-15-32)30-43(49-46)33-16-8-4-9-17-33/h3-30H,1-2H3. The maximum Gasteiger partial charge on any atom is 0.160 e. The number of hydrogen-bond acceptors (Lipinski definition) is 2. The van der Waals surface area contributed by atoms with E-state index in [-0.39, 0.29) is 5.41 Å². The van der Waals surface area contributed by atoms with Crippen molar-refractivity contribution in [3.05, 3.63) is 181 Å². The smallest absolute Gasteiger partial charge is 0.160 e. The predicted molar refractivity (Wildman–Crippen MR) is 204 cm³/mol. The predicted octanol–water partition coefficient (Wildman–Crippen LogP) is 12.3. The van der Waals surface area contributed by atoms with Crippen LogP contribution in [-0.2, 0) is 5.41 Å². The fourth-order valence-corrected chi connectivity index (χ4v) is 7.53. The maximum absolute atomic E-state index is 5.04. The maximum atomic E-state index is 5.04. The van der Waals surface area contributed by atoms with Crippen LogP contribution in [0.1, 0.15) is 25.0 Å². The van der Waals surface area contributed by atoms with Crippen LogP contribution >= 0.6 is 0 Å². The molecule has 1 aliphatic carbocycles. The number of fused-ring (bicyclic) bond motifs is 4. The quantitative estimate of drug-likeness (QED) is 0.190. The molecule has 8 aromatic rings. The minimum atomic E-state index is -0.145. The molecule has 0 atom stereocenters. The van der Waals surface area contributed by atoms with Gasteiger partial charge in [-0.15, -0.1) is 0 Å². The van der Waals surface area contributed by atoms with E-state index in [0.29, 0.717) is 0 Å². The van der Waals surface area contributed by atoms with Gasteiger partial charge in [0, 0.05) is 22.1 Å². The second-order valence-corrected chi connectivity index (χ2v) is 13.4. The van der Waals surface area contributed by atoms with E-state index in [4.69, 9.17) is 9.97 Å². The highest BCUT2D eigenvalue weighted by atomic mass is 14.9. The highest BCUT2D eigenvalue weighted by molar-refractivity contribution is 6.08. The number of aromatic nitrogens is 2. The van der Waals surface area contributed by atoms with Crippen molar-refractivity contribution in [3.63, 3.8) is 0 Å². The minimum absolute atomic E-state index is 0.145. The summed E-state index contributed by atoms with van der Waals surface area (Å²) in [4.78, 5) is 10.1. The first-order valence-electron chi connectivity index (χ1n) is 16.9. The van der Waals surface area contributed by atoms with Gasteiger partial charge in [0.05, 0.1) is 11.4 Å². The molecule has 1 aromatic heterocycles. The van der Waals surface area contributed by atoms with Crippen molar-refractivity contribution in [2.24, 2.45) is 0 Å². The van der Waals surface area contributed by atoms with E-state index < -0.39 is 0 Å². The van der Waals surface area contributed by atoms with Crippen LogP contribution in [0.5, 0.6) is 0 Å². The fraction of sp³-hybridized carbons (Fsp3) is 0.0638.